The van der Waals surface area contributed by atoms with Crippen LogP contribution < -0.4 is 10.5 Å². The fraction of sp³-hybridized carbons (Fsp3) is 0.462. The van der Waals surface area contributed by atoms with E-state index in [2.05, 4.69) is 4.98 Å². The van der Waals surface area contributed by atoms with Crippen LogP contribution in [-0.4, -0.2) is 46.8 Å². The Bertz CT molecular complexity index is 1260. The number of ether oxygens (including phenoxy) is 3. The maximum Gasteiger partial charge on any atom is 0.340 e. The number of pyridine rings is 3. The van der Waals surface area contributed by atoms with Crippen LogP contribution in [0.25, 0.3) is 10.8 Å². The van der Waals surface area contributed by atoms with Crippen molar-refractivity contribution in [2.45, 2.75) is 63.7 Å². The van der Waals surface area contributed by atoms with Crippen molar-refractivity contribution < 1.29 is 19.0 Å². The Balaban J connectivity index is 1.54. The molecule has 0 saturated heterocycles. The summed E-state index contributed by atoms with van der Waals surface area (Å²) in [6, 6.07) is 5.70. The molecule has 0 radical (unpaired) electrons. The number of hydrogen-bond donors (Lipinski definition) is 1. The highest BCUT2D eigenvalue weighted by molar-refractivity contribution is 5.92. The summed E-state index contributed by atoms with van der Waals surface area (Å²) in [5.41, 5.74) is 9.77. The van der Waals surface area contributed by atoms with Crippen LogP contribution in [-0.2, 0) is 21.4 Å². The molecule has 3 aromatic heterocycles. The lowest BCUT2D eigenvalue weighted by Gasteiger charge is -2.27. The molecule has 2 aliphatic rings. The van der Waals surface area contributed by atoms with Gasteiger partial charge in [-0.05, 0) is 50.3 Å². The molecule has 1 saturated carbocycles. The summed E-state index contributed by atoms with van der Waals surface area (Å²) in [5, 5.41) is 1.78. The topological polar surface area (TPSA) is 109 Å². The highest BCUT2D eigenvalue weighted by atomic mass is 16.5. The number of cyclic esters (lactones) is 1. The standard InChI is InChI=1S/C26H30N4O4/c1-14-15(2)33-25(31)19-8-5-16(30-23(14)19)9-17-10-20-21(11-28-17)24(34-18-6-7-18)29-12-22(20)26(3,27)13-32-4/h5,8,10-12,14-15,18H,6-7,9,13,27H2,1-4H3/t14-,15-,26-/m1/s1. The number of carbonyl (C=O) groups excluding carboxylic acids is 1. The minimum absolute atomic E-state index is 0.0315. The number of aromatic nitrogens is 3. The Hall–Kier alpha value is -3.10. The molecule has 0 spiro atoms. The van der Waals surface area contributed by atoms with Crippen molar-refractivity contribution in [3.63, 3.8) is 0 Å². The molecule has 34 heavy (non-hydrogen) atoms. The number of rotatable bonds is 7. The van der Waals surface area contributed by atoms with Gasteiger partial charge in [0.15, 0.2) is 0 Å². The van der Waals surface area contributed by atoms with E-state index < -0.39 is 5.54 Å². The zero-order valence-corrected chi connectivity index (χ0v) is 20.0. The molecule has 4 heterocycles. The molecule has 5 rings (SSSR count). The van der Waals surface area contributed by atoms with Gasteiger partial charge in [0, 0.05) is 48.8 Å². The molecule has 3 atom stereocenters. The minimum atomic E-state index is -0.729. The van der Waals surface area contributed by atoms with Crippen molar-refractivity contribution in [2.24, 2.45) is 5.73 Å². The third kappa shape index (κ3) is 4.23. The monoisotopic (exact) mass is 462 g/mol. The normalized spacial score (nSPS) is 21.6. The lowest BCUT2D eigenvalue weighted by molar-refractivity contribution is 0.0234. The van der Waals surface area contributed by atoms with Gasteiger partial charge in [0.2, 0.25) is 5.88 Å². The molecule has 2 N–H and O–H groups in total. The van der Waals surface area contributed by atoms with Crippen LogP contribution in [0.3, 0.4) is 0 Å². The Morgan fingerprint density at radius 1 is 1.15 bits per heavy atom. The second-order valence-electron chi connectivity index (χ2n) is 9.68. The molecule has 3 aromatic rings. The first-order valence-corrected chi connectivity index (χ1v) is 11.7. The van der Waals surface area contributed by atoms with Crippen molar-refractivity contribution in [1.29, 1.82) is 0 Å². The maximum absolute atomic E-state index is 12.2. The first-order chi connectivity index (χ1) is 16.3. The number of methoxy groups -OCH3 is 1. The van der Waals surface area contributed by atoms with E-state index in [0.29, 0.717) is 24.5 Å². The second-order valence-corrected chi connectivity index (χ2v) is 9.68. The summed E-state index contributed by atoms with van der Waals surface area (Å²) in [7, 11) is 1.64. The van der Waals surface area contributed by atoms with Crippen molar-refractivity contribution in [2.75, 3.05) is 13.7 Å². The van der Waals surface area contributed by atoms with E-state index in [0.717, 1.165) is 46.3 Å². The Labute approximate surface area is 198 Å². The van der Waals surface area contributed by atoms with Gasteiger partial charge in [-0.2, -0.15) is 0 Å². The summed E-state index contributed by atoms with van der Waals surface area (Å²) in [5.74, 6) is 0.301. The molecule has 0 unspecified atom stereocenters. The molecular formula is C26H30N4O4. The van der Waals surface area contributed by atoms with Crippen molar-refractivity contribution in [3.05, 3.63) is 58.8 Å². The van der Waals surface area contributed by atoms with Gasteiger partial charge in [-0.25, -0.2) is 9.78 Å². The predicted molar refractivity (Wildman–Crippen MR) is 127 cm³/mol. The van der Waals surface area contributed by atoms with E-state index in [1.807, 2.05) is 39.1 Å². The average molecular weight is 463 g/mol. The lowest BCUT2D eigenvalue weighted by Crippen LogP contribution is -2.38. The Kier molecular flexibility index (Phi) is 5.73. The maximum atomic E-state index is 12.2. The molecule has 0 bridgehead atoms. The van der Waals surface area contributed by atoms with Gasteiger partial charge in [0.05, 0.1) is 28.8 Å². The van der Waals surface area contributed by atoms with Crippen LogP contribution in [0.15, 0.2) is 30.6 Å². The fourth-order valence-electron chi connectivity index (χ4n) is 4.40. The van der Waals surface area contributed by atoms with Gasteiger partial charge < -0.3 is 19.9 Å². The molecule has 0 aromatic carbocycles. The zero-order valence-electron chi connectivity index (χ0n) is 20.0. The average Bonchev–Trinajstić information content (AvgIpc) is 3.61. The fourth-order valence-corrected chi connectivity index (χ4v) is 4.40. The number of fused-ring (bicyclic) bond motifs is 2. The molecule has 8 heteroatoms. The summed E-state index contributed by atoms with van der Waals surface area (Å²) in [4.78, 5) is 26.3. The highest BCUT2D eigenvalue weighted by Gasteiger charge is 2.32. The van der Waals surface area contributed by atoms with Crippen molar-refractivity contribution >= 4 is 16.7 Å². The van der Waals surface area contributed by atoms with Gasteiger partial charge >= 0.3 is 5.97 Å². The quantitative estimate of drug-likeness (QED) is 0.530. The lowest BCUT2D eigenvalue weighted by atomic mass is 9.91. The van der Waals surface area contributed by atoms with E-state index in [4.69, 9.17) is 29.9 Å². The summed E-state index contributed by atoms with van der Waals surface area (Å²) < 4.78 is 16.8. The van der Waals surface area contributed by atoms with E-state index in [1.54, 1.807) is 19.4 Å². The summed E-state index contributed by atoms with van der Waals surface area (Å²) in [6.45, 7) is 6.20. The zero-order chi connectivity index (χ0) is 24.0. The first-order valence-electron chi connectivity index (χ1n) is 11.7. The number of carbonyl (C=O) groups is 1. The van der Waals surface area contributed by atoms with Crippen molar-refractivity contribution in [1.82, 2.24) is 15.0 Å². The van der Waals surface area contributed by atoms with Crippen LogP contribution in [0.5, 0.6) is 5.88 Å². The van der Waals surface area contributed by atoms with Gasteiger partial charge in [0.1, 0.15) is 12.2 Å². The van der Waals surface area contributed by atoms with Crippen molar-refractivity contribution in [3.8, 4) is 5.88 Å². The molecule has 8 nitrogen and oxygen atoms in total. The molecule has 178 valence electrons. The third-order valence-corrected chi connectivity index (χ3v) is 6.65. The summed E-state index contributed by atoms with van der Waals surface area (Å²) in [6.07, 6.45) is 6.22. The first kappa shape index (κ1) is 22.7. The molecule has 1 aliphatic carbocycles. The van der Waals surface area contributed by atoms with E-state index >= 15 is 0 Å². The van der Waals surface area contributed by atoms with Crippen LogP contribution in [0.2, 0.25) is 0 Å². The minimum Gasteiger partial charge on any atom is -0.474 e. The van der Waals surface area contributed by atoms with E-state index in [1.165, 1.54) is 0 Å². The Morgan fingerprint density at radius 2 is 1.94 bits per heavy atom. The van der Waals surface area contributed by atoms with Crippen LogP contribution in [0.1, 0.15) is 72.5 Å². The molecule has 1 aliphatic heterocycles. The number of esters is 1. The van der Waals surface area contributed by atoms with Crippen LogP contribution in [0.4, 0.5) is 0 Å². The van der Waals surface area contributed by atoms with Gasteiger partial charge in [-0.1, -0.05) is 6.92 Å². The van der Waals surface area contributed by atoms with E-state index in [-0.39, 0.29) is 24.1 Å². The second kappa shape index (κ2) is 8.60. The Morgan fingerprint density at radius 3 is 2.68 bits per heavy atom. The van der Waals surface area contributed by atoms with E-state index in [9.17, 15) is 4.79 Å². The summed E-state index contributed by atoms with van der Waals surface area (Å²) >= 11 is 0. The number of hydrogen-bond acceptors (Lipinski definition) is 8. The SMILES string of the molecule is COC[C@@](C)(N)c1cnc(OC2CC2)c2cnc(Cc3ccc4c(n3)[C@H](C)[C@@H](C)OC4=O)cc12. The smallest absolute Gasteiger partial charge is 0.340 e. The predicted octanol–water partition coefficient (Wildman–Crippen LogP) is 3.64. The van der Waals surface area contributed by atoms with Gasteiger partial charge in [-0.3, -0.25) is 9.97 Å². The molecule has 0 amide bonds. The molecule has 1 fully saturated rings. The van der Waals surface area contributed by atoms with Gasteiger partial charge in [-0.15, -0.1) is 0 Å². The largest absolute Gasteiger partial charge is 0.474 e. The third-order valence-electron chi connectivity index (χ3n) is 6.65. The number of nitrogens with two attached hydrogens (primary N) is 1. The van der Waals surface area contributed by atoms with Crippen LogP contribution in [0, 0.1) is 0 Å². The molecular weight excluding hydrogens is 432 g/mol. The van der Waals surface area contributed by atoms with Gasteiger partial charge in [0.25, 0.3) is 0 Å². The number of nitrogens with zero attached hydrogens (tertiary/aromatic N) is 3. The van der Waals surface area contributed by atoms with Crippen LogP contribution >= 0.6 is 0 Å². The highest BCUT2D eigenvalue weighted by Crippen LogP contribution is 2.35.